The van der Waals surface area contributed by atoms with Crippen LogP contribution in [0.4, 0.5) is 11.4 Å². The first-order valence-corrected chi connectivity index (χ1v) is 12.2. The van der Waals surface area contributed by atoms with E-state index in [0.717, 1.165) is 16.0 Å². The summed E-state index contributed by atoms with van der Waals surface area (Å²) in [6.07, 6.45) is 0.434. The number of aromatic hydroxyl groups is 1. The van der Waals surface area contributed by atoms with Crippen molar-refractivity contribution in [3.63, 3.8) is 0 Å². The van der Waals surface area contributed by atoms with E-state index in [9.17, 15) is 14.7 Å². The van der Waals surface area contributed by atoms with Gasteiger partial charge in [0.25, 0.3) is 0 Å². The second-order valence-electron chi connectivity index (χ2n) is 8.56. The van der Waals surface area contributed by atoms with Crippen LogP contribution in [-0.4, -0.2) is 67.4 Å². The number of rotatable bonds is 8. The molecule has 4 rings (SSSR count). The van der Waals surface area contributed by atoms with Crippen LogP contribution in [0.2, 0.25) is 0 Å². The molecule has 2 heterocycles. The lowest BCUT2D eigenvalue weighted by Gasteiger charge is -2.18. The number of nitrogens with zero attached hydrogens (tertiary/aromatic N) is 3. The summed E-state index contributed by atoms with van der Waals surface area (Å²) in [6.45, 7) is 0.685. The van der Waals surface area contributed by atoms with Gasteiger partial charge in [0.2, 0.25) is 5.91 Å². The van der Waals surface area contributed by atoms with E-state index in [2.05, 4.69) is 4.98 Å². The summed E-state index contributed by atoms with van der Waals surface area (Å²) in [6, 6.07) is 16.4. The van der Waals surface area contributed by atoms with E-state index in [4.69, 9.17) is 9.73 Å². The van der Waals surface area contributed by atoms with Gasteiger partial charge in [-0.15, -0.1) is 11.3 Å². The molecule has 4 aromatic rings. The molecular formula is C27H28N4O4S. The Labute approximate surface area is 213 Å². The van der Waals surface area contributed by atoms with Crippen LogP contribution in [0.15, 0.2) is 65.0 Å². The number of carbonyl (C=O) groups is 2. The number of aromatic amines is 1. The van der Waals surface area contributed by atoms with Crippen LogP contribution in [-0.2, 0) is 9.53 Å². The molecule has 186 valence electrons. The zero-order chi connectivity index (χ0) is 25.8. The van der Waals surface area contributed by atoms with E-state index in [1.54, 1.807) is 30.1 Å². The summed E-state index contributed by atoms with van der Waals surface area (Å²) >= 11 is 1.51. The number of hydrogen-bond acceptors (Lipinski definition) is 7. The minimum Gasteiger partial charge on any atom is -0.494 e. The minimum absolute atomic E-state index is 0.0364. The first kappa shape index (κ1) is 25.2. The Kier molecular flexibility index (Phi) is 7.52. The van der Waals surface area contributed by atoms with Gasteiger partial charge in [0.1, 0.15) is 0 Å². The SMILES string of the molecule is COC(=O)c1ccc2c(C(=Nc3ccc(N(C)C(=O)CCN(C)C)cc3)c3cccs3)c(O)[nH]c2c1. The van der Waals surface area contributed by atoms with Crippen LogP contribution in [0, 0.1) is 0 Å². The molecule has 0 saturated carbocycles. The molecule has 0 aliphatic carbocycles. The maximum Gasteiger partial charge on any atom is 0.337 e. The fraction of sp³-hybridized carbons (Fsp3) is 0.222. The van der Waals surface area contributed by atoms with Gasteiger partial charge in [0, 0.05) is 36.6 Å². The molecule has 8 nitrogen and oxygen atoms in total. The molecule has 2 N–H and O–H groups in total. The van der Waals surface area contributed by atoms with Crippen LogP contribution in [0.1, 0.15) is 27.2 Å². The lowest BCUT2D eigenvalue weighted by molar-refractivity contribution is -0.118. The van der Waals surface area contributed by atoms with Gasteiger partial charge in [-0.25, -0.2) is 9.79 Å². The number of fused-ring (bicyclic) bond motifs is 1. The number of ether oxygens (including phenoxy) is 1. The van der Waals surface area contributed by atoms with E-state index in [1.165, 1.54) is 18.4 Å². The van der Waals surface area contributed by atoms with E-state index in [-0.39, 0.29) is 11.8 Å². The second kappa shape index (κ2) is 10.8. The Hall–Kier alpha value is -3.95. The Morgan fingerprint density at radius 3 is 2.47 bits per heavy atom. The topological polar surface area (TPSA) is 98.2 Å². The van der Waals surface area contributed by atoms with Crippen LogP contribution in [0.5, 0.6) is 5.88 Å². The number of anilines is 1. The summed E-state index contributed by atoms with van der Waals surface area (Å²) in [5.41, 5.74) is 3.58. The number of aliphatic imine (C=N–C) groups is 1. The fourth-order valence-corrected chi connectivity index (χ4v) is 4.55. The van der Waals surface area contributed by atoms with Gasteiger partial charge in [-0.1, -0.05) is 12.1 Å². The van der Waals surface area contributed by atoms with Crippen molar-refractivity contribution < 1.29 is 19.4 Å². The smallest absolute Gasteiger partial charge is 0.337 e. The first-order valence-electron chi connectivity index (χ1n) is 11.4. The normalized spacial score (nSPS) is 11.8. The largest absolute Gasteiger partial charge is 0.494 e. The number of H-pyrrole nitrogens is 1. The lowest BCUT2D eigenvalue weighted by Crippen LogP contribution is -2.29. The number of carbonyl (C=O) groups excluding carboxylic acids is 2. The quantitative estimate of drug-likeness (QED) is 0.265. The summed E-state index contributed by atoms with van der Waals surface area (Å²) in [4.78, 5) is 36.8. The third-order valence-electron chi connectivity index (χ3n) is 5.82. The van der Waals surface area contributed by atoms with Gasteiger partial charge < -0.3 is 24.6 Å². The summed E-state index contributed by atoms with van der Waals surface area (Å²) in [5, 5.41) is 13.5. The Morgan fingerprint density at radius 2 is 1.83 bits per heavy atom. The molecule has 36 heavy (non-hydrogen) atoms. The van der Waals surface area contributed by atoms with Crippen LogP contribution < -0.4 is 4.90 Å². The van der Waals surface area contributed by atoms with Crippen LogP contribution >= 0.6 is 11.3 Å². The molecule has 0 radical (unpaired) electrons. The highest BCUT2D eigenvalue weighted by Gasteiger charge is 2.21. The van der Waals surface area contributed by atoms with Crippen molar-refractivity contribution in [3.8, 4) is 5.88 Å². The molecule has 2 aromatic carbocycles. The molecule has 0 fully saturated rings. The number of esters is 1. The standard InChI is InChI=1S/C27H28N4O4S/c1-30(2)14-13-23(32)31(3)19-10-8-18(9-11-19)28-25(22-6-5-15-36-22)24-20-12-7-17(27(34)35-4)16-21(20)29-26(24)33/h5-12,15-16,29,33H,13-14H2,1-4H3. The van der Waals surface area contributed by atoms with Gasteiger partial charge in [-0.05, 0) is 61.9 Å². The van der Waals surface area contributed by atoms with Crippen molar-refractivity contribution in [2.75, 3.05) is 39.7 Å². The fourth-order valence-electron chi connectivity index (χ4n) is 3.83. The molecule has 0 saturated heterocycles. The predicted octanol–water partition coefficient (Wildman–Crippen LogP) is 4.81. The van der Waals surface area contributed by atoms with Crippen molar-refractivity contribution in [2.24, 2.45) is 4.99 Å². The molecule has 0 spiro atoms. The molecule has 0 aliphatic heterocycles. The molecule has 2 aromatic heterocycles. The number of benzene rings is 2. The maximum absolute atomic E-state index is 12.5. The van der Waals surface area contributed by atoms with E-state index in [0.29, 0.717) is 41.0 Å². The zero-order valence-electron chi connectivity index (χ0n) is 20.6. The first-order chi connectivity index (χ1) is 17.3. The third kappa shape index (κ3) is 5.32. The van der Waals surface area contributed by atoms with Crippen molar-refractivity contribution in [1.82, 2.24) is 9.88 Å². The molecule has 0 atom stereocenters. The number of nitrogens with one attached hydrogen (secondary N) is 1. The van der Waals surface area contributed by atoms with Crippen molar-refractivity contribution in [3.05, 3.63) is 76.0 Å². The average molecular weight is 505 g/mol. The summed E-state index contributed by atoms with van der Waals surface area (Å²) in [5.74, 6) is -0.457. The zero-order valence-corrected chi connectivity index (χ0v) is 21.4. The van der Waals surface area contributed by atoms with Gasteiger partial charge >= 0.3 is 5.97 Å². The molecule has 9 heteroatoms. The molecule has 0 bridgehead atoms. The Balaban J connectivity index is 1.70. The van der Waals surface area contributed by atoms with Gasteiger partial charge in [-0.2, -0.15) is 0 Å². The van der Waals surface area contributed by atoms with E-state index >= 15 is 0 Å². The minimum atomic E-state index is -0.454. The van der Waals surface area contributed by atoms with Crippen LogP contribution in [0.3, 0.4) is 0 Å². The number of hydrogen-bond donors (Lipinski definition) is 2. The van der Waals surface area contributed by atoms with Crippen molar-refractivity contribution in [2.45, 2.75) is 6.42 Å². The molecule has 0 aliphatic rings. The Bertz CT molecular complexity index is 1410. The number of thiophene rings is 1. The highest BCUT2D eigenvalue weighted by atomic mass is 32.1. The number of methoxy groups -OCH3 is 1. The predicted molar refractivity (Wildman–Crippen MR) is 144 cm³/mol. The van der Waals surface area contributed by atoms with Crippen LogP contribution in [0.25, 0.3) is 10.9 Å². The second-order valence-corrected chi connectivity index (χ2v) is 9.51. The third-order valence-corrected chi connectivity index (χ3v) is 6.69. The average Bonchev–Trinajstić information content (AvgIpc) is 3.52. The maximum atomic E-state index is 12.5. The van der Waals surface area contributed by atoms with Gasteiger partial charge in [-0.3, -0.25) is 4.79 Å². The Morgan fingerprint density at radius 1 is 1.08 bits per heavy atom. The number of amides is 1. The van der Waals surface area contributed by atoms with Gasteiger partial charge in [0.15, 0.2) is 5.88 Å². The van der Waals surface area contributed by atoms with Crippen molar-refractivity contribution in [1.29, 1.82) is 0 Å². The molecule has 0 unspecified atom stereocenters. The molecule has 1 amide bonds. The highest BCUT2D eigenvalue weighted by molar-refractivity contribution is 7.12. The van der Waals surface area contributed by atoms with Crippen molar-refractivity contribution >= 4 is 51.2 Å². The summed E-state index contributed by atoms with van der Waals surface area (Å²) < 4.78 is 4.81. The number of aromatic nitrogens is 1. The molecular weight excluding hydrogens is 476 g/mol. The van der Waals surface area contributed by atoms with E-state index < -0.39 is 5.97 Å². The van der Waals surface area contributed by atoms with Gasteiger partial charge in [0.05, 0.1) is 34.5 Å². The highest BCUT2D eigenvalue weighted by Crippen LogP contribution is 2.33. The van der Waals surface area contributed by atoms with E-state index in [1.807, 2.05) is 60.8 Å². The lowest BCUT2D eigenvalue weighted by atomic mass is 10.0. The monoisotopic (exact) mass is 504 g/mol. The summed E-state index contributed by atoms with van der Waals surface area (Å²) in [7, 11) is 6.97.